The highest BCUT2D eigenvalue weighted by atomic mass is 16.6. The maximum absolute atomic E-state index is 12.5. The summed E-state index contributed by atoms with van der Waals surface area (Å²) >= 11 is 0. The molecule has 2 aromatic rings. The predicted octanol–water partition coefficient (Wildman–Crippen LogP) is 3.35. The molecule has 33 heavy (non-hydrogen) atoms. The molecule has 8 nitrogen and oxygen atoms in total. The van der Waals surface area contributed by atoms with Crippen LogP contribution in [0.15, 0.2) is 49.1 Å². The van der Waals surface area contributed by atoms with E-state index in [1.54, 1.807) is 7.11 Å². The van der Waals surface area contributed by atoms with E-state index < -0.39 is 12.1 Å². The third kappa shape index (κ3) is 6.57. The van der Waals surface area contributed by atoms with Gasteiger partial charge in [0.15, 0.2) is 0 Å². The zero-order valence-electron chi connectivity index (χ0n) is 18.8. The zero-order valence-corrected chi connectivity index (χ0v) is 18.8. The molecule has 0 aromatic heterocycles. The van der Waals surface area contributed by atoms with Crippen molar-refractivity contribution < 1.29 is 33.3 Å². The fraction of sp³-hybridized carbons (Fsp3) is 0.360. The molecule has 0 unspecified atom stereocenters. The fourth-order valence-corrected chi connectivity index (χ4v) is 3.54. The topological polar surface area (TPSA) is 92.3 Å². The second-order valence-electron chi connectivity index (χ2n) is 7.18. The molecule has 0 fully saturated rings. The number of allylic oxidation sites excluding steroid dienone is 2. The Labute approximate surface area is 193 Å². The molecule has 1 aliphatic carbocycles. The molecule has 0 saturated heterocycles. The van der Waals surface area contributed by atoms with E-state index in [1.807, 2.05) is 24.3 Å². The van der Waals surface area contributed by atoms with Crippen LogP contribution in [-0.4, -0.2) is 58.8 Å². The number of amides is 1. The number of rotatable bonds is 12. The van der Waals surface area contributed by atoms with Crippen LogP contribution in [0.4, 0.5) is 4.79 Å². The minimum Gasteiger partial charge on any atom is -0.490 e. The highest BCUT2D eigenvalue weighted by Crippen LogP contribution is 2.43. The number of fused-ring (bicyclic) bond motifs is 2. The van der Waals surface area contributed by atoms with Gasteiger partial charge in [-0.25, -0.2) is 9.59 Å². The standard InChI is InChI=1S/C25H29NO7/c1-3-22(27)31-17-15-30-13-12-26-25(28)33-24-20-10-6-4-8-18(20)23(32-16-14-29-2)19-9-5-7-11-21(19)24/h3-8,10H,1,9,11-17H2,2H3,(H,26,28). The molecule has 3 rings (SSSR count). The number of carbonyl (C=O) groups excluding carboxylic acids is 2. The fourth-order valence-electron chi connectivity index (χ4n) is 3.54. The lowest BCUT2D eigenvalue weighted by Crippen LogP contribution is -2.31. The summed E-state index contributed by atoms with van der Waals surface area (Å²) in [5, 5.41) is 4.40. The molecule has 2 aromatic carbocycles. The quantitative estimate of drug-likeness (QED) is 0.227. The molecule has 176 valence electrons. The van der Waals surface area contributed by atoms with Crippen LogP contribution in [0.25, 0.3) is 10.8 Å². The average Bonchev–Trinajstić information content (AvgIpc) is 2.84. The van der Waals surface area contributed by atoms with E-state index in [1.165, 1.54) is 0 Å². The second-order valence-corrected chi connectivity index (χ2v) is 7.18. The Morgan fingerprint density at radius 1 is 0.970 bits per heavy atom. The molecule has 1 N–H and O–H groups in total. The summed E-state index contributed by atoms with van der Waals surface area (Å²) in [4.78, 5) is 23.5. The first-order valence-corrected chi connectivity index (χ1v) is 10.8. The Bertz CT molecular complexity index is 1020. The van der Waals surface area contributed by atoms with Gasteiger partial charge in [0, 0.05) is 41.6 Å². The molecule has 8 heteroatoms. The van der Waals surface area contributed by atoms with Gasteiger partial charge < -0.3 is 29.0 Å². The van der Waals surface area contributed by atoms with Crippen LogP contribution in [0.3, 0.4) is 0 Å². The number of hydrogen-bond acceptors (Lipinski definition) is 7. The predicted molar refractivity (Wildman–Crippen MR) is 124 cm³/mol. The lowest BCUT2D eigenvalue weighted by Gasteiger charge is -2.23. The summed E-state index contributed by atoms with van der Waals surface area (Å²) < 4.78 is 27.1. The summed E-state index contributed by atoms with van der Waals surface area (Å²) in [7, 11) is 1.64. The van der Waals surface area contributed by atoms with Crippen LogP contribution in [0.2, 0.25) is 0 Å². The monoisotopic (exact) mass is 455 g/mol. The smallest absolute Gasteiger partial charge is 0.412 e. The van der Waals surface area contributed by atoms with Crippen LogP contribution in [0, 0.1) is 0 Å². The van der Waals surface area contributed by atoms with Crippen molar-refractivity contribution in [2.75, 3.05) is 46.7 Å². The van der Waals surface area contributed by atoms with Crippen LogP contribution >= 0.6 is 0 Å². The highest BCUT2D eigenvalue weighted by Gasteiger charge is 2.23. The van der Waals surface area contributed by atoms with Crippen molar-refractivity contribution in [1.82, 2.24) is 5.32 Å². The maximum atomic E-state index is 12.5. The first-order valence-electron chi connectivity index (χ1n) is 10.8. The molecule has 0 saturated carbocycles. The van der Waals surface area contributed by atoms with Gasteiger partial charge in [0.05, 0.1) is 19.8 Å². The van der Waals surface area contributed by atoms with Crippen molar-refractivity contribution in [3.05, 3.63) is 60.2 Å². The minimum atomic E-state index is -0.563. The summed E-state index contributed by atoms with van der Waals surface area (Å²) in [6, 6.07) is 7.73. The average molecular weight is 456 g/mol. The van der Waals surface area contributed by atoms with Crippen molar-refractivity contribution in [2.24, 2.45) is 0 Å². The van der Waals surface area contributed by atoms with Crippen molar-refractivity contribution in [2.45, 2.75) is 12.8 Å². The normalized spacial score (nSPS) is 12.2. The molecule has 0 aliphatic heterocycles. The molecule has 1 amide bonds. The van der Waals surface area contributed by atoms with Gasteiger partial charge in [-0.15, -0.1) is 0 Å². The number of hydrogen-bond donors (Lipinski definition) is 1. The van der Waals surface area contributed by atoms with E-state index in [0.717, 1.165) is 33.7 Å². The Hall–Kier alpha value is -3.36. The Morgan fingerprint density at radius 2 is 1.67 bits per heavy atom. The van der Waals surface area contributed by atoms with E-state index in [0.29, 0.717) is 31.8 Å². The molecular weight excluding hydrogens is 426 g/mol. The molecule has 0 spiro atoms. The SMILES string of the molecule is C=CC(=O)OCCOCCNC(=O)Oc1c2c(c(OCCOC)c3ccccc13)CC=CC2. The van der Waals surface area contributed by atoms with Gasteiger partial charge in [-0.2, -0.15) is 0 Å². The van der Waals surface area contributed by atoms with E-state index in [9.17, 15) is 9.59 Å². The molecule has 0 atom stereocenters. The van der Waals surface area contributed by atoms with Gasteiger partial charge in [-0.05, 0) is 12.8 Å². The Balaban J connectivity index is 1.67. The number of nitrogens with one attached hydrogen (secondary N) is 1. The number of ether oxygens (including phenoxy) is 5. The van der Waals surface area contributed by atoms with E-state index in [2.05, 4.69) is 24.0 Å². The van der Waals surface area contributed by atoms with Crippen molar-refractivity contribution in [3.63, 3.8) is 0 Å². The number of benzene rings is 2. The number of carbonyl (C=O) groups is 2. The van der Waals surface area contributed by atoms with Gasteiger partial charge in [0.1, 0.15) is 24.7 Å². The Kier molecular flexibility index (Phi) is 9.29. The van der Waals surface area contributed by atoms with E-state index >= 15 is 0 Å². The Morgan fingerprint density at radius 3 is 2.36 bits per heavy atom. The summed E-state index contributed by atoms with van der Waals surface area (Å²) in [5.74, 6) is 0.847. The molecule has 0 bridgehead atoms. The summed E-state index contributed by atoms with van der Waals surface area (Å²) in [5.41, 5.74) is 1.96. The summed E-state index contributed by atoms with van der Waals surface area (Å²) in [6.45, 7) is 5.10. The van der Waals surface area contributed by atoms with Crippen LogP contribution in [-0.2, 0) is 31.8 Å². The van der Waals surface area contributed by atoms with Gasteiger partial charge in [-0.1, -0.05) is 43.0 Å². The molecule has 1 aliphatic rings. The van der Waals surface area contributed by atoms with E-state index in [4.69, 9.17) is 23.7 Å². The van der Waals surface area contributed by atoms with Crippen molar-refractivity contribution in [3.8, 4) is 11.5 Å². The largest absolute Gasteiger partial charge is 0.490 e. The highest BCUT2D eigenvalue weighted by molar-refractivity contribution is 5.97. The number of methoxy groups -OCH3 is 1. The second kappa shape index (κ2) is 12.6. The van der Waals surface area contributed by atoms with E-state index in [-0.39, 0.29) is 26.4 Å². The molecule has 0 heterocycles. The summed E-state index contributed by atoms with van der Waals surface area (Å²) in [6.07, 6.45) is 6.03. The zero-order chi connectivity index (χ0) is 23.5. The lowest BCUT2D eigenvalue weighted by atomic mass is 9.90. The molecular formula is C25H29NO7. The number of esters is 1. The van der Waals surface area contributed by atoms with Gasteiger partial charge in [0.25, 0.3) is 0 Å². The van der Waals surface area contributed by atoms with Crippen LogP contribution in [0.5, 0.6) is 11.5 Å². The third-order valence-corrected chi connectivity index (χ3v) is 5.02. The maximum Gasteiger partial charge on any atom is 0.412 e. The van der Waals surface area contributed by atoms with Crippen molar-refractivity contribution in [1.29, 1.82) is 0 Å². The van der Waals surface area contributed by atoms with Gasteiger partial charge in [-0.3, -0.25) is 0 Å². The molecule has 0 radical (unpaired) electrons. The third-order valence-electron chi connectivity index (χ3n) is 5.02. The first-order chi connectivity index (χ1) is 16.2. The van der Waals surface area contributed by atoms with Gasteiger partial charge in [0.2, 0.25) is 0 Å². The van der Waals surface area contributed by atoms with Gasteiger partial charge >= 0.3 is 12.1 Å². The van der Waals surface area contributed by atoms with Crippen molar-refractivity contribution >= 4 is 22.8 Å². The first kappa shape index (κ1) is 24.3. The van der Waals surface area contributed by atoms with Crippen LogP contribution < -0.4 is 14.8 Å². The minimum absolute atomic E-state index is 0.125. The lowest BCUT2D eigenvalue weighted by molar-refractivity contribution is -0.139. The van der Waals surface area contributed by atoms with Crippen LogP contribution in [0.1, 0.15) is 11.1 Å².